The van der Waals surface area contributed by atoms with Gasteiger partial charge in [0.25, 0.3) is 0 Å². The van der Waals surface area contributed by atoms with Gasteiger partial charge in [-0.05, 0) is 45.1 Å². The predicted molar refractivity (Wildman–Crippen MR) is 81.3 cm³/mol. The first-order valence-corrected chi connectivity index (χ1v) is 7.60. The topological polar surface area (TPSA) is 53.9 Å². The van der Waals surface area contributed by atoms with Crippen molar-refractivity contribution in [2.45, 2.75) is 25.8 Å². The second-order valence-electron chi connectivity index (χ2n) is 5.83. The van der Waals surface area contributed by atoms with E-state index in [1.165, 1.54) is 5.69 Å². The molecular formula is C16H22N4O. The molecule has 1 saturated heterocycles. The van der Waals surface area contributed by atoms with Crippen LogP contribution in [0, 0.1) is 5.92 Å². The molecule has 5 heteroatoms. The largest absolute Gasteiger partial charge is 0.365 e. The first kappa shape index (κ1) is 14.1. The molecule has 0 unspecified atom stereocenters. The molecular weight excluding hydrogens is 264 g/mol. The average molecular weight is 286 g/mol. The van der Waals surface area contributed by atoms with Crippen LogP contribution in [0.2, 0.25) is 0 Å². The standard InChI is InChI=1S/C16H22N4O/c1-19-9-4-13(5-10-19)15(21)16-18-8-12-20(16)11-6-14-3-2-7-17-14/h2-3,7-8,12-13,17H,4-6,9-11H2,1H3. The van der Waals surface area contributed by atoms with Crippen LogP contribution in [0.5, 0.6) is 0 Å². The lowest BCUT2D eigenvalue weighted by Crippen LogP contribution is -2.34. The fraction of sp³-hybridized carbons (Fsp3) is 0.500. The summed E-state index contributed by atoms with van der Waals surface area (Å²) in [6, 6.07) is 4.06. The highest BCUT2D eigenvalue weighted by molar-refractivity contribution is 5.94. The van der Waals surface area contributed by atoms with Crippen LogP contribution in [0.3, 0.4) is 0 Å². The van der Waals surface area contributed by atoms with Crippen molar-refractivity contribution in [3.05, 3.63) is 42.2 Å². The van der Waals surface area contributed by atoms with Gasteiger partial charge in [0, 0.05) is 43.2 Å². The summed E-state index contributed by atoms with van der Waals surface area (Å²) in [4.78, 5) is 22.4. The van der Waals surface area contributed by atoms with Gasteiger partial charge in [-0.25, -0.2) is 4.98 Å². The number of carbonyl (C=O) groups is 1. The molecule has 3 heterocycles. The third kappa shape index (κ3) is 3.24. The number of piperidine rings is 1. The Morgan fingerprint density at radius 1 is 1.43 bits per heavy atom. The van der Waals surface area contributed by atoms with Crippen LogP contribution < -0.4 is 0 Å². The summed E-state index contributed by atoms with van der Waals surface area (Å²) in [5.74, 6) is 0.962. The van der Waals surface area contributed by atoms with Gasteiger partial charge in [0.15, 0.2) is 5.82 Å². The number of nitrogens with one attached hydrogen (secondary N) is 1. The van der Waals surface area contributed by atoms with E-state index in [1.807, 2.05) is 23.0 Å². The van der Waals surface area contributed by atoms with E-state index < -0.39 is 0 Å². The minimum absolute atomic E-state index is 0.132. The number of likely N-dealkylation sites (tertiary alicyclic amines) is 1. The SMILES string of the molecule is CN1CCC(C(=O)c2nccn2CCc2ccc[nH]2)CC1. The monoisotopic (exact) mass is 286 g/mol. The number of aryl methyl sites for hydroxylation is 2. The Balaban J connectivity index is 1.65. The number of hydrogen-bond acceptors (Lipinski definition) is 3. The third-order valence-corrected chi connectivity index (χ3v) is 4.31. The highest BCUT2D eigenvalue weighted by Crippen LogP contribution is 2.20. The Labute approximate surface area is 125 Å². The van der Waals surface area contributed by atoms with Crippen LogP contribution in [-0.4, -0.2) is 45.4 Å². The summed E-state index contributed by atoms with van der Waals surface area (Å²) >= 11 is 0. The fourth-order valence-electron chi connectivity index (χ4n) is 2.93. The number of ketones is 1. The van der Waals surface area contributed by atoms with Crippen LogP contribution in [0.1, 0.15) is 29.2 Å². The van der Waals surface area contributed by atoms with Crippen molar-refractivity contribution < 1.29 is 4.79 Å². The van der Waals surface area contributed by atoms with E-state index in [1.54, 1.807) is 6.20 Å². The maximum Gasteiger partial charge on any atom is 0.201 e. The Hall–Kier alpha value is -1.88. The summed E-state index contributed by atoms with van der Waals surface area (Å²) in [7, 11) is 2.11. The summed E-state index contributed by atoms with van der Waals surface area (Å²) in [6.45, 7) is 2.79. The van der Waals surface area contributed by atoms with Gasteiger partial charge in [-0.2, -0.15) is 0 Å². The number of nitrogens with zero attached hydrogens (tertiary/aromatic N) is 3. The molecule has 0 bridgehead atoms. The van der Waals surface area contributed by atoms with E-state index in [0.29, 0.717) is 5.82 Å². The van der Waals surface area contributed by atoms with Crippen LogP contribution in [0.25, 0.3) is 0 Å². The Morgan fingerprint density at radius 3 is 2.95 bits per heavy atom. The zero-order valence-electron chi connectivity index (χ0n) is 12.5. The number of imidazole rings is 1. The van der Waals surface area contributed by atoms with Crippen LogP contribution in [-0.2, 0) is 13.0 Å². The lowest BCUT2D eigenvalue weighted by atomic mass is 9.92. The number of H-pyrrole nitrogens is 1. The molecule has 0 atom stereocenters. The highest BCUT2D eigenvalue weighted by atomic mass is 16.1. The Kier molecular flexibility index (Phi) is 4.20. The van der Waals surface area contributed by atoms with Gasteiger partial charge >= 0.3 is 0 Å². The first-order valence-electron chi connectivity index (χ1n) is 7.60. The number of aromatic amines is 1. The van der Waals surface area contributed by atoms with Gasteiger partial charge in [0.1, 0.15) is 0 Å². The maximum absolute atomic E-state index is 12.6. The van der Waals surface area contributed by atoms with Gasteiger partial charge in [-0.3, -0.25) is 4.79 Å². The van der Waals surface area contributed by atoms with Gasteiger partial charge in [0.05, 0.1) is 0 Å². The van der Waals surface area contributed by atoms with Gasteiger partial charge in [0.2, 0.25) is 5.78 Å². The quantitative estimate of drug-likeness (QED) is 0.855. The van der Waals surface area contributed by atoms with Crippen LogP contribution in [0.4, 0.5) is 0 Å². The zero-order valence-corrected chi connectivity index (χ0v) is 12.5. The smallest absolute Gasteiger partial charge is 0.201 e. The molecule has 2 aromatic rings. The summed E-state index contributed by atoms with van der Waals surface area (Å²) < 4.78 is 1.99. The lowest BCUT2D eigenvalue weighted by Gasteiger charge is -2.27. The van der Waals surface area contributed by atoms with E-state index in [2.05, 4.69) is 28.0 Å². The van der Waals surface area contributed by atoms with Gasteiger partial charge in [-0.15, -0.1) is 0 Å². The third-order valence-electron chi connectivity index (χ3n) is 4.31. The summed E-state index contributed by atoms with van der Waals surface area (Å²) in [6.07, 6.45) is 8.34. The van der Waals surface area contributed by atoms with Gasteiger partial charge in [-0.1, -0.05) is 0 Å². The number of rotatable bonds is 5. The maximum atomic E-state index is 12.6. The lowest BCUT2D eigenvalue weighted by molar-refractivity contribution is 0.0841. The molecule has 0 amide bonds. The molecule has 1 aliphatic rings. The van der Waals surface area contributed by atoms with Crippen molar-refractivity contribution in [2.24, 2.45) is 5.92 Å². The number of carbonyl (C=O) groups excluding carboxylic acids is 1. The molecule has 21 heavy (non-hydrogen) atoms. The molecule has 112 valence electrons. The molecule has 1 N–H and O–H groups in total. The molecule has 1 fully saturated rings. The first-order chi connectivity index (χ1) is 10.2. The minimum atomic E-state index is 0.132. The van der Waals surface area contributed by atoms with Crippen molar-refractivity contribution in [1.29, 1.82) is 0 Å². The zero-order chi connectivity index (χ0) is 14.7. The fourth-order valence-corrected chi connectivity index (χ4v) is 2.93. The van der Waals surface area contributed by atoms with Crippen molar-refractivity contribution in [2.75, 3.05) is 20.1 Å². The Morgan fingerprint density at radius 2 is 2.24 bits per heavy atom. The van der Waals surface area contributed by atoms with Crippen molar-refractivity contribution in [3.63, 3.8) is 0 Å². The van der Waals surface area contributed by atoms with Crippen molar-refractivity contribution >= 4 is 5.78 Å². The van der Waals surface area contributed by atoms with Crippen molar-refractivity contribution in [3.8, 4) is 0 Å². The molecule has 1 aliphatic heterocycles. The molecule has 0 spiro atoms. The molecule has 0 aromatic carbocycles. The van der Waals surface area contributed by atoms with E-state index in [0.717, 1.165) is 38.9 Å². The number of hydrogen-bond donors (Lipinski definition) is 1. The van der Waals surface area contributed by atoms with E-state index in [9.17, 15) is 4.79 Å². The van der Waals surface area contributed by atoms with Gasteiger partial charge < -0.3 is 14.5 Å². The van der Waals surface area contributed by atoms with Crippen LogP contribution in [0.15, 0.2) is 30.7 Å². The molecule has 2 aromatic heterocycles. The average Bonchev–Trinajstić information content (AvgIpc) is 3.16. The Bertz CT molecular complexity index is 579. The summed E-state index contributed by atoms with van der Waals surface area (Å²) in [5.41, 5.74) is 1.18. The minimum Gasteiger partial charge on any atom is -0.365 e. The van der Waals surface area contributed by atoms with Crippen molar-refractivity contribution in [1.82, 2.24) is 19.4 Å². The normalized spacial score (nSPS) is 17.2. The van der Waals surface area contributed by atoms with Crippen LogP contribution >= 0.6 is 0 Å². The number of Topliss-reactive ketones (excluding diaryl/α,β-unsaturated/α-hetero) is 1. The summed E-state index contributed by atoms with van der Waals surface area (Å²) in [5, 5.41) is 0. The molecule has 3 rings (SSSR count). The number of aromatic nitrogens is 3. The highest BCUT2D eigenvalue weighted by Gasteiger charge is 2.27. The van der Waals surface area contributed by atoms with E-state index >= 15 is 0 Å². The molecule has 5 nitrogen and oxygen atoms in total. The molecule has 0 saturated carbocycles. The van der Waals surface area contributed by atoms with E-state index in [4.69, 9.17) is 0 Å². The van der Waals surface area contributed by atoms with E-state index in [-0.39, 0.29) is 11.7 Å². The second-order valence-corrected chi connectivity index (χ2v) is 5.83. The second kappa shape index (κ2) is 6.26. The molecule has 0 radical (unpaired) electrons. The molecule has 0 aliphatic carbocycles. The predicted octanol–water partition coefficient (Wildman–Crippen LogP) is 1.98.